The second kappa shape index (κ2) is 9.30. The molecule has 0 aromatic heterocycles. The van der Waals surface area contributed by atoms with Crippen molar-refractivity contribution in [1.82, 2.24) is 10.3 Å². The molecule has 0 aliphatic rings. The maximum Gasteiger partial charge on any atom is 0.266 e. The van der Waals surface area contributed by atoms with Gasteiger partial charge in [-0.15, -0.1) is 4.83 Å². The summed E-state index contributed by atoms with van der Waals surface area (Å²) in [5.74, 6) is -1.47. The van der Waals surface area contributed by atoms with Crippen LogP contribution in [0, 0.1) is 26.6 Å². The maximum absolute atomic E-state index is 13.2. The van der Waals surface area contributed by atoms with Gasteiger partial charge in [0.25, 0.3) is 26.0 Å². The molecule has 3 N–H and O–H groups in total. The van der Waals surface area contributed by atoms with Crippen LogP contribution in [0.5, 0.6) is 0 Å². The average molecular weight is 492 g/mol. The van der Waals surface area contributed by atoms with E-state index in [0.29, 0.717) is 5.69 Å². The molecule has 1 amide bonds. The second-order valence-electron chi connectivity index (χ2n) is 7.42. The van der Waals surface area contributed by atoms with E-state index in [0.717, 1.165) is 35.4 Å². The minimum absolute atomic E-state index is 0.0861. The number of sulfonamides is 2. The summed E-state index contributed by atoms with van der Waals surface area (Å²) in [5, 5.41) is 0. The molecule has 0 radical (unpaired) electrons. The highest BCUT2D eigenvalue weighted by molar-refractivity contribution is 7.92. The van der Waals surface area contributed by atoms with Crippen molar-refractivity contribution >= 4 is 31.6 Å². The van der Waals surface area contributed by atoms with Crippen LogP contribution in [0.15, 0.2) is 70.5 Å². The fourth-order valence-electron chi connectivity index (χ4n) is 3.09. The van der Waals surface area contributed by atoms with Crippen molar-refractivity contribution in [3.05, 3.63) is 88.7 Å². The van der Waals surface area contributed by atoms with Crippen molar-refractivity contribution in [3.8, 4) is 0 Å². The van der Waals surface area contributed by atoms with Gasteiger partial charge < -0.3 is 0 Å². The molecule has 33 heavy (non-hydrogen) atoms. The lowest BCUT2D eigenvalue weighted by Gasteiger charge is -2.13. The number of halogens is 1. The normalized spacial score (nSPS) is 11.8. The molecule has 0 bridgehead atoms. The van der Waals surface area contributed by atoms with E-state index in [9.17, 15) is 26.0 Å². The molecule has 11 heteroatoms. The van der Waals surface area contributed by atoms with E-state index < -0.39 is 31.8 Å². The summed E-state index contributed by atoms with van der Waals surface area (Å²) >= 11 is 0. The number of benzene rings is 3. The van der Waals surface area contributed by atoms with Gasteiger partial charge in [-0.05, 0) is 74.4 Å². The molecule has 0 aliphatic carbocycles. The van der Waals surface area contributed by atoms with E-state index in [1.807, 2.05) is 23.2 Å². The molecule has 0 fully saturated rings. The van der Waals surface area contributed by atoms with Crippen LogP contribution in [-0.4, -0.2) is 22.7 Å². The van der Waals surface area contributed by atoms with E-state index in [1.165, 1.54) is 25.1 Å². The standard InChI is InChI=1S/C22H22FN3O5S2/c1-14-7-9-20(15(2)11-14)25-32(28,29)19-6-4-5-17(13-19)22(27)24-26-33(30,31)21-10-8-18(23)12-16(21)3/h4-13,25-26H,1-3H3,(H,24,27). The number of carbonyl (C=O) groups is 1. The van der Waals surface area contributed by atoms with Crippen LogP contribution in [0.3, 0.4) is 0 Å². The Morgan fingerprint density at radius 1 is 0.818 bits per heavy atom. The number of amides is 1. The third kappa shape index (κ3) is 5.75. The molecule has 8 nitrogen and oxygen atoms in total. The number of nitrogens with one attached hydrogen (secondary N) is 3. The third-order valence-corrected chi connectivity index (χ3v) is 7.53. The highest BCUT2D eigenvalue weighted by Gasteiger charge is 2.20. The van der Waals surface area contributed by atoms with Crippen LogP contribution in [-0.2, 0) is 20.0 Å². The van der Waals surface area contributed by atoms with Gasteiger partial charge in [0, 0.05) is 5.56 Å². The van der Waals surface area contributed by atoms with Gasteiger partial charge in [-0.1, -0.05) is 23.8 Å². The molecule has 3 rings (SSSR count). The maximum atomic E-state index is 13.2. The summed E-state index contributed by atoms with van der Waals surface area (Å²) < 4.78 is 66.2. The lowest BCUT2D eigenvalue weighted by atomic mass is 10.1. The van der Waals surface area contributed by atoms with Crippen LogP contribution in [0.2, 0.25) is 0 Å². The van der Waals surface area contributed by atoms with Gasteiger partial charge >= 0.3 is 0 Å². The van der Waals surface area contributed by atoms with Crippen molar-refractivity contribution in [2.45, 2.75) is 30.6 Å². The molecule has 0 saturated carbocycles. The molecule has 0 aliphatic heterocycles. The number of hydrazine groups is 1. The van der Waals surface area contributed by atoms with Gasteiger partial charge in [-0.25, -0.2) is 21.2 Å². The van der Waals surface area contributed by atoms with Gasteiger partial charge in [-0.2, -0.15) is 0 Å². The van der Waals surface area contributed by atoms with Gasteiger partial charge in [-0.3, -0.25) is 14.9 Å². The Bertz CT molecular complexity index is 1440. The van der Waals surface area contributed by atoms with Crippen LogP contribution in [0.1, 0.15) is 27.0 Å². The fourth-order valence-corrected chi connectivity index (χ4v) is 5.33. The van der Waals surface area contributed by atoms with E-state index in [-0.39, 0.29) is 20.9 Å². The summed E-state index contributed by atoms with van der Waals surface area (Å²) in [4.78, 5) is 14.0. The number of hydrogen-bond donors (Lipinski definition) is 3. The summed E-state index contributed by atoms with van der Waals surface area (Å²) in [5.41, 5.74) is 4.22. The highest BCUT2D eigenvalue weighted by Crippen LogP contribution is 2.21. The summed E-state index contributed by atoms with van der Waals surface area (Å²) in [6.45, 7) is 5.07. The SMILES string of the molecule is Cc1ccc(NS(=O)(=O)c2cccc(C(=O)NNS(=O)(=O)c3ccc(F)cc3C)c2)c(C)c1. The molecule has 174 valence electrons. The number of hydrogen-bond acceptors (Lipinski definition) is 5. The quantitative estimate of drug-likeness (QED) is 0.438. The Morgan fingerprint density at radius 3 is 2.21 bits per heavy atom. The monoisotopic (exact) mass is 491 g/mol. The van der Waals surface area contributed by atoms with Crippen molar-refractivity contribution in [3.63, 3.8) is 0 Å². The van der Waals surface area contributed by atoms with Gasteiger partial charge in [0.2, 0.25) is 0 Å². The molecule has 0 heterocycles. The fraction of sp³-hybridized carbons (Fsp3) is 0.136. The topological polar surface area (TPSA) is 121 Å². The zero-order valence-electron chi connectivity index (χ0n) is 18.0. The van der Waals surface area contributed by atoms with E-state index in [4.69, 9.17) is 0 Å². The minimum Gasteiger partial charge on any atom is -0.279 e. The average Bonchev–Trinajstić information content (AvgIpc) is 2.74. The predicted molar refractivity (Wildman–Crippen MR) is 122 cm³/mol. The van der Waals surface area contributed by atoms with Crippen molar-refractivity contribution in [2.24, 2.45) is 0 Å². The van der Waals surface area contributed by atoms with Crippen LogP contribution in [0.25, 0.3) is 0 Å². The molecule has 3 aromatic carbocycles. The Labute approximate surface area is 191 Å². The van der Waals surface area contributed by atoms with Crippen LogP contribution in [0.4, 0.5) is 10.1 Å². The van der Waals surface area contributed by atoms with Crippen LogP contribution >= 0.6 is 0 Å². The second-order valence-corrected chi connectivity index (χ2v) is 10.8. The van der Waals surface area contributed by atoms with Crippen molar-refractivity contribution in [2.75, 3.05) is 4.72 Å². The van der Waals surface area contributed by atoms with E-state index >= 15 is 0 Å². The summed E-state index contributed by atoms with van der Waals surface area (Å²) in [6, 6.07) is 13.5. The highest BCUT2D eigenvalue weighted by atomic mass is 32.2. The Balaban J connectivity index is 1.77. The van der Waals surface area contributed by atoms with E-state index in [1.54, 1.807) is 19.1 Å². The van der Waals surface area contributed by atoms with Crippen molar-refractivity contribution in [1.29, 1.82) is 0 Å². The Hall–Kier alpha value is -3.28. The molecule has 0 spiro atoms. The number of rotatable bonds is 7. The van der Waals surface area contributed by atoms with Crippen LogP contribution < -0.4 is 15.0 Å². The molecular weight excluding hydrogens is 469 g/mol. The first-order valence-electron chi connectivity index (χ1n) is 9.67. The lowest BCUT2D eigenvalue weighted by molar-refractivity contribution is 0.0945. The van der Waals surface area contributed by atoms with Gasteiger partial charge in [0.15, 0.2) is 0 Å². The minimum atomic E-state index is -4.18. The zero-order valence-corrected chi connectivity index (χ0v) is 19.6. The number of aryl methyl sites for hydroxylation is 3. The summed E-state index contributed by atoms with van der Waals surface area (Å²) in [6.07, 6.45) is 0. The molecule has 3 aromatic rings. The smallest absolute Gasteiger partial charge is 0.266 e. The molecule has 0 saturated heterocycles. The number of anilines is 1. The lowest BCUT2D eigenvalue weighted by Crippen LogP contribution is -2.41. The first-order valence-corrected chi connectivity index (χ1v) is 12.6. The largest absolute Gasteiger partial charge is 0.279 e. The van der Waals surface area contributed by atoms with E-state index in [2.05, 4.69) is 4.72 Å². The van der Waals surface area contributed by atoms with Crippen molar-refractivity contribution < 1.29 is 26.0 Å². The third-order valence-electron chi connectivity index (χ3n) is 4.76. The first-order chi connectivity index (χ1) is 15.4. The summed E-state index contributed by atoms with van der Waals surface area (Å²) in [7, 11) is -8.18. The zero-order chi connectivity index (χ0) is 24.4. The first kappa shape index (κ1) is 24.4. The molecule has 0 unspecified atom stereocenters. The molecular formula is C22H22FN3O5S2. The Kier molecular flexibility index (Phi) is 6.86. The predicted octanol–water partition coefficient (Wildman–Crippen LogP) is 3.18. The van der Waals surface area contributed by atoms with Gasteiger partial charge in [0.1, 0.15) is 5.82 Å². The number of carbonyl (C=O) groups excluding carboxylic acids is 1. The molecule has 0 atom stereocenters. The van der Waals surface area contributed by atoms with Gasteiger partial charge in [0.05, 0.1) is 15.5 Å². The Morgan fingerprint density at radius 2 is 1.55 bits per heavy atom.